The van der Waals surface area contributed by atoms with Crippen molar-refractivity contribution in [3.05, 3.63) is 51.7 Å². The van der Waals surface area contributed by atoms with Crippen LogP contribution in [0, 0.1) is 10.1 Å². The lowest BCUT2D eigenvalue weighted by atomic mass is 10.3. The summed E-state index contributed by atoms with van der Waals surface area (Å²) >= 11 is 11.1. The summed E-state index contributed by atoms with van der Waals surface area (Å²) in [6.07, 6.45) is 1.14. The van der Waals surface area contributed by atoms with Gasteiger partial charge in [-0.25, -0.2) is 4.98 Å². The van der Waals surface area contributed by atoms with E-state index in [-0.39, 0.29) is 10.8 Å². The van der Waals surface area contributed by atoms with Gasteiger partial charge in [0.05, 0.1) is 17.7 Å². The number of nitro groups is 1. The molecule has 0 spiro atoms. The van der Waals surface area contributed by atoms with Gasteiger partial charge in [-0.2, -0.15) is 0 Å². The molecule has 0 aliphatic heterocycles. The largest absolute Gasteiger partial charge is 0.495 e. The number of nitrogens with one attached hydrogen (secondary N) is 2. The van der Waals surface area contributed by atoms with Crippen LogP contribution in [0.2, 0.25) is 5.02 Å². The quantitative estimate of drug-likeness (QED) is 0.501. The molecule has 7 nitrogen and oxygen atoms in total. The van der Waals surface area contributed by atoms with Crippen LogP contribution in [0.4, 0.5) is 17.2 Å². The van der Waals surface area contributed by atoms with Gasteiger partial charge < -0.3 is 15.4 Å². The lowest BCUT2D eigenvalue weighted by Gasteiger charge is -2.13. The van der Waals surface area contributed by atoms with E-state index in [0.717, 1.165) is 6.20 Å². The summed E-state index contributed by atoms with van der Waals surface area (Å²) in [7, 11) is 1.53. The van der Waals surface area contributed by atoms with Crippen LogP contribution in [0.5, 0.6) is 5.75 Å². The molecule has 0 bridgehead atoms. The first-order chi connectivity index (χ1) is 10.5. The Labute approximate surface area is 136 Å². The van der Waals surface area contributed by atoms with Crippen molar-refractivity contribution >= 4 is 46.1 Å². The summed E-state index contributed by atoms with van der Waals surface area (Å²) < 4.78 is 5.19. The van der Waals surface area contributed by atoms with Crippen LogP contribution in [0.3, 0.4) is 0 Å². The second-order valence-electron chi connectivity index (χ2n) is 4.08. The minimum absolute atomic E-state index is 0.0964. The maximum absolute atomic E-state index is 10.6. The second-order valence-corrected chi connectivity index (χ2v) is 4.93. The highest BCUT2D eigenvalue weighted by Gasteiger charge is 2.08. The van der Waals surface area contributed by atoms with Crippen molar-refractivity contribution in [1.29, 1.82) is 0 Å². The van der Waals surface area contributed by atoms with E-state index in [9.17, 15) is 10.1 Å². The molecule has 9 heteroatoms. The van der Waals surface area contributed by atoms with Crippen molar-refractivity contribution in [2.24, 2.45) is 0 Å². The van der Waals surface area contributed by atoms with E-state index in [1.165, 1.54) is 19.2 Å². The number of methoxy groups -OCH3 is 1. The summed E-state index contributed by atoms with van der Waals surface area (Å²) in [4.78, 5) is 13.9. The van der Waals surface area contributed by atoms with Gasteiger partial charge in [0.1, 0.15) is 17.8 Å². The minimum Gasteiger partial charge on any atom is -0.495 e. The van der Waals surface area contributed by atoms with Crippen molar-refractivity contribution in [2.45, 2.75) is 0 Å². The number of aromatic nitrogens is 1. The van der Waals surface area contributed by atoms with E-state index < -0.39 is 4.92 Å². The van der Waals surface area contributed by atoms with Gasteiger partial charge in [0.2, 0.25) is 0 Å². The Morgan fingerprint density at radius 1 is 1.36 bits per heavy atom. The molecule has 1 heterocycles. The number of hydrogen-bond donors (Lipinski definition) is 2. The Kier molecular flexibility index (Phi) is 5.08. The van der Waals surface area contributed by atoms with Crippen LogP contribution in [0.15, 0.2) is 36.5 Å². The number of hydrogen-bond acceptors (Lipinski definition) is 5. The molecule has 0 unspecified atom stereocenters. The Morgan fingerprint density at radius 3 is 2.73 bits per heavy atom. The van der Waals surface area contributed by atoms with Crippen molar-refractivity contribution < 1.29 is 9.66 Å². The smallest absolute Gasteiger partial charge is 0.287 e. The van der Waals surface area contributed by atoms with E-state index in [4.69, 9.17) is 28.6 Å². The van der Waals surface area contributed by atoms with Gasteiger partial charge in [0.25, 0.3) is 5.69 Å². The molecule has 0 aliphatic rings. The molecule has 1 aromatic heterocycles. The molecule has 1 aromatic carbocycles. The normalized spacial score (nSPS) is 9.91. The van der Waals surface area contributed by atoms with E-state index in [1.807, 2.05) is 0 Å². The minimum atomic E-state index is -0.524. The average molecular weight is 339 g/mol. The highest BCUT2D eigenvalue weighted by Crippen LogP contribution is 2.27. The molecule has 22 heavy (non-hydrogen) atoms. The van der Waals surface area contributed by atoms with Gasteiger partial charge >= 0.3 is 0 Å². The number of ether oxygens (including phenoxy) is 1. The molecule has 2 N–H and O–H groups in total. The van der Waals surface area contributed by atoms with Crippen molar-refractivity contribution in [1.82, 2.24) is 4.98 Å². The number of thiocarbonyl (C=S) groups is 1. The molecule has 0 saturated heterocycles. The summed E-state index contributed by atoms with van der Waals surface area (Å²) in [5.41, 5.74) is 0.496. The number of nitrogens with zero attached hydrogens (tertiary/aromatic N) is 2. The zero-order chi connectivity index (χ0) is 16.1. The first kappa shape index (κ1) is 15.9. The molecule has 0 saturated carbocycles. The molecular formula is C13H11ClN4O3S. The zero-order valence-electron chi connectivity index (χ0n) is 11.4. The number of benzene rings is 1. The van der Waals surface area contributed by atoms with Crippen LogP contribution in [0.25, 0.3) is 0 Å². The summed E-state index contributed by atoms with van der Waals surface area (Å²) in [5, 5.41) is 17.1. The predicted molar refractivity (Wildman–Crippen MR) is 88.7 cm³/mol. The van der Waals surface area contributed by atoms with Crippen molar-refractivity contribution in [3.63, 3.8) is 0 Å². The van der Waals surface area contributed by atoms with E-state index >= 15 is 0 Å². The number of pyridine rings is 1. The molecule has 0 aliphatic carbocycles. The lowest BCUT2D eigenvalue weighted by molar-refractivity contribution is -0.385. The third-order valence-corrected chi connectivity index (χ3v) is 3.05. The van der Waals surface area contributed by atoms with Gasteiger partial charge in [0.15, 0.2) is 5.11 Å². The zero-order valence-corrected chi connectivity index (χ0v) is 12.9. The first-order valence-corrected chi connectivity index (χ1v) is 6.80. The van der Waals surface area contributed by atoms with Crippen molar-refractivity contribution in [3.8, 4) is 5.75 Å². The number of rotatable bonds is 4. The third-order valence-electron chi connectivity index (χ3n) is 2.61. The highest BCUT2D eigenvalue weighted by molar-refractivity contribution is 7.80. The Hall–Kier alpha value is -2.45. The second kappa shape index (κ2) is 7.01. The first-order valence-electron chi connectivity index (χ1n) is 6.01. The molecule has 0 fully saturated rings. The van der Waals surface area contributed by atoms with Gasteiger partial charge in [-0.1, -0.05) is 11.6 Å². The molecule has 0 amide bonds. The van der Waals surface area contributed by atoms with E-state index in [1.54, 1.807) is 18.2 Å². The summed E-state index contributed by atoms with van der Waals surface area (Å²) in [5.74, 6) is 0.953. The van der Waals surface area contributed by atoms with Gasteiger partial charge in [-0.3, -0.25) is 10.1 Å². The SMILES string of the molecule is COc1ccc(Cl)cc1NC(=S)Nc1ccc([N+](=O)[O-])cn1. The third kappa shape index (κ3) is 4.03. The number of halogens is 1. The van der Waals surface area contributed by atoms with Crippen LogP contribution < -0.4 is 15.4 Å². The van der Waals surface area contributed by atoms with E-state index in [0.29, 0.717) is 22.3 Å². The topological polar surface area (TPSA) is 89.3 Å². The average Bonchev–Trinajstić information content (AvgIpc) is 2.48. The molecule has 2 rings (SSSR count). The van der Waals surface area contributed by atoms with Crippen LogP contribution in [-0.4, -0.2) is 22.1 Å². The number of anilines is 2. The lowest BCUT2D eigenvalue weighted by Crippen LogP contribution is -2.20. The van der Waals surface area contributed by atoms with Gasteiger partial charge in [-0.05, 0) is 36.5 Å². The van der Waals surface area contributed by atoms with Crippen LogP contribution in [-0.2, 0) is 0 Å². The summed E-state index contributed by atoms with van der Waals surface area (Å²) in [6.45, 7) is 0. The highest BCUT2D eigenvalue weighted by atomic mass is 35.5. The van der Waals surface area contributed by atoms with Gasteiger partial charge in [0, 0.05) is 11.1 Å². The summed E-state index contributed by atoms with van der Waals surface area (Å²) in [6, 6.07) is 7.86. The Morgan fingerprint density at radius 2 is 2.14 bits per heavy atom. The maximum atomic E-state index is 10.6. The maximum Gasteiger partial charge on any atom is 0.287 e. The standard InChI is InChI=1S/C13H11ClN4O3S/c1-21-11-4-2-8(14)6-10(11)16-13(22)17-12-5-3-9(7-15-12)18(19)20/h2-7H,1H3,(H2,15,16,17,22). The molecule has 114 valence electrons. The molecule has 0 atom stereocenters. The Bertz CT molecular complexity index is 709. The van der Waals surface area contributed by atoms with Gasteiger partial charge in [-0.15, -0.1) is 0 Å². The van der Waals surface area contributed by atoms with Crippen LogP contribution >= 0.6 is 23.8 Å². The van der Waals surface area contributed by atoms with Crippen LogP contribution in [0.1, 0.15) is 0 Å². The Balaban J connectivity index is 2.07. The monoisotopic (exact) mass is 338 g/mol. The fourth-order valence-corrected chi connectivity index (χ4v) is 2.00. The van der Waals surface area contributed by atoms with Crippen molar-refractivity contribution in [2.75, 3.05) is 17.7 Å². The fourth-order valence-electron chi connectivity index (χ4n) is 1.62. The van der Waals surface area contributed by atoms with E-state index in [2.05, 4.69) is 15.6 Å². The molecule has 0 radical (unpaired) electrons. The molecule has 2 aromatic rings. The fraction of sp³-hybridized carbons (Fsp3) is 0.0769. The predicted octanol–water partition coefficient (Wildman–Crippen LogP) is 3.46. The molecular weight excluding hydrogens is 328 g/mol.